The van der Waals surface area contributed by atoms with Gasteiger partial charge in [-0.05, 0) is 42.3 Å². The van der Waals surface area contributed by atoms with Crippen molar-refractivity contribution in [2.45, 2.75) is 0 Å². The van der Waals surface area contributed by atoms with Crippen LogP contribution in [0.3, 0.4) is 0 Å². The predicted octanol–water partition coefficient (Wildman–Crippen LogP) is 0.131. The van der Waals surface area contributed by atoms with Crippen molar-refractivity contribution < 1.29 is 4.57 Å². The molecule has 0 radical (unpaired) electrons. The second-order valence-corrected chi connectivity index (χ2v) is 6.48. The molecule has 0 fully saturated rings. The molecule has 0 aromatic heterocycles. The minimum absolute atomic E-state index is 0. The van der Waals surface area contributed by atoms with Crippen molar-refractivity contribution in [3.63, 3.8) is 0 Å². The van der Waals surface area contributed by atoms with Crippen LogP contribution in [-0.4, -0.2) is 75.2 Å². The molecule has 0 bridgehead atoms. The molecule has 0 N–H and O–H groups in total. The molecule has 0 saturated carbocycles. The maximum atomic E-state index is 12.1. The molecule has 0 spiro atoms. The molecule has 0 saturated heterocycles. The van der Waals surface area contributed by atoms with E-state index < -0.39 is 7.59 Å². The van der Waals surface area contributed by atoms with Crippen molar-refractivity contribution in [1.82, 2.24) is 14.0 Å². The Morgan fingerprint density at radius 3 is 0.917 bits per heavy atom. The Kier molecular flexibility index (Phi) is 6.89. The summed E-state index contributed by atoms with van der Waals surface area (Å²) >= 11 is 0. The van der Waals surface area contributed by atoms with Crippen LogP contribution in [0.1, 0.15) is 0 Å². The quantitative estimate of drug-likeness (QED) is 0.463. The second-order valence-electron chi connectivity index (χ2n) is 3.05. The molecule has 0 aliphatic heterocycles. The van der Waals surface area contributed by atoms with Crippen LogP contribution < -0.4 is 0 Å². The first kappa shape index (κ1) is 15.2. The van der Waals surface area contributed by atoms with E-state index in [1.807, 2.05) is 42.3 Å². The maximum absolute atomic E-state index is 12.1. The number of nitrogens with zero attached hydrogens (tertiary/aromatic N) is 3. The summed E-state index contributed by atoms with van der Waals surface area (Å²) in [7, 11) is 8.49. The van der Waals surface area contributed by atoms with E-state index in [4.69, 9.17) is 0 Å². The van der Waals surface area contributed by atoms with E-state index in [2.05, 4.69) is 0 Å². The minimum atomic E-state index is -2.44. The van der Waals surface area contributed by atoms with E-state index in [-0.39, 0.29) is 18.9 Å². The van der Waals surface area contributed by atoms with Crippen molar-refractivity contribution in [3.05, 3.63) is 0 Å². The van der Waals surface area contributed by atoms with Gasteiger partial charge >= 0.3 is 18.9 Å². The monoisotopic (exact) mass is 187 g/mol. The molecule has 0 heterocycles. The summed E-state index contributed by atoms with van der Waals surface area (Å²) in [5, 5.41) is 0. The van der Waals surface area contributed by atoms with Crippen LogP contribution in [-0.2, 0) is 4.57 Å². The van der Waals surface area contributed by atoms with E-state index in [1.165, 1.54) is 0 Å². The summed E-state index contributed by atoms with van der Waals surface area (Å²) in [5.41, 5.74) is 0. The Morgan fingerprint density at radius 1 is 0.750 bits per heavy atom. The van der Waals surface area contributed by atoms with Gasteiger partial charge in [-0.3, -0.25) is 4.57 Å². The SMILES string of the molecule is CN(C)P(=O)(N(C)C)N(C)C.[LiH]. The van der Waals surface area contributed by atoms with E-state index in [0.717, 1.165) is 0 Å². The van der Waals surface area contributed by atoms with Crippen LogP contribution in [0.15, 0.2) is 0 Å². The molecule has 4 nitrogen and oxygen atoms in total. The van der Waals surface area contributed by atoms with E-state index in [9.17, 15) is 4.57 Å². The van der Waals surface area contributed by atoms with Gasteiger partial charge in [-0.1, -0.05) is 0 Å². The van der Waals surface area contributed by atoms with Crippen LogP contribution in [0.5, 0.6) is 0 Å². The topological polar surface area (TPSA) is 26.8 Å². The summed E-state index contributed by atoms with van der Waals surface area (Å²) < 4.78 is 17.3. The first-order valence-corrected chi connectivity index (χ1v) is 5.03. The standard InChI is InChI=1S/C6H18N3OP.Li.H/c1-7(2)11(10,8(3)4)9(5)6;;/h1-6H3;;. The van der Waals surface area contributed by atoms with Gasteiger partial charge in [-0.15, -0.1) is 0 Å². The van der Waals surface area contributed by atoms with Gasteiger partial charge in [0.05, 0.1) is 0 Å². The van der Waals surface area contributed by atoms with Crippen molar-refractivity contribution in [2.24, 2.45) is 0 Å². The molecule has 0 aliphatic carbocycles. The normalized spacial score (nSPS) is 12.4. The van der Waals surface area contributed by atoms with Gasteiger partial charge in [0, 0.05) is 0 Å². The molecule has 0 atom stereocenters. The van der Waals surface area contributed by atoms with Crippen molar-refractivity contribution in [1.29, 1.82) is 0 Å². The molecule has 0 aliphatic rings. The molecule has 12 heavy (non-hydrogen) atoms. The first-order valence-electron chi connectivity index (χ1n) is 3.47. The van der Waals surface area contributed by atoms with Crippen molar-refractivity contribution >= 4 is 26.5 Å². The number of rotatable bonds is 3. The van der Waals surface area contributed by atoms with Gasteiger partial charge in [-0.25, -0.2) is 14.0 Å². The van der Waals surface area contributed by atoms with Crippen LogP contribution in [0.2, 0.25) is 0 Å². The molecular formula is C6H19LiN3OP. The number of hydrogen-bond donors (Lipinski definition) is 0. The summed E-state index contributed by atoms with van der Waals surface area (Å²) in [5.74, 6) is 0. The summed E-state index contributed by atoms with van der Waals surface area (Å²) in [6.07, 6.45) is 0. The Morgan fingerprint density at radius 2 is 0.917 bits per heavy atom. The Bertz CT molecular complexity index is 144. The third-order valence-electron chi connectivity index (χ3n) is 1.56. The molecule has 0 aromatic carbocycles. The van der Waals surface area contributed by atoms with Gasteiger partial charge in [0.2, 0.25) is 0 Å². The summed E-state index contributed by atoms with van der Waals surface area (Å²) in [4.78, 5) is 0. The van der Waals surface area contributed by atoms with Crippen LogP contribution in [0.25, 0.3) is 0 Å². The molecule has 0 aromatic rings. The van der Waals surface area contributed by atoms with Gasteiger partial charge in [0.1, 0.15) is 0 Å². The second kappa shape index (κ2) is 5.44. The van der Waals surface area contributed by atoms with Crippen molar-refractivity contribution in [2.75, 3.05) is 42.3 Å². The zero-order valence-corrected chi connectivity index (χ0v) is 9.09. The van der Waals surface area contributed by atoms with E-state index >= 15 is 0 Å². The Balaban J connectivity index is 0. The summed E-state index contributed by atoms with van der Waals surface area (Å²) in [6.45, 7) is 0. The fourth-order valence-corrected chi connectivity index (χ4v) is 3.22. The zero-order valence-electron chi connectivity index (χ0n) is 8.20. The first-order chi connectivity index (χ1) is 4.83. The number of hydrogen-bond acceptors (Lipinski definition) is 1. The molecule has 0 amide bonds. The fraction of sp³-hybridized carbons (Fsp3) is 1.00. The van der Waals surface area contributed by atoms with Crippen LogP contribution >= 0.6 is 7.59 Å². The average molecular weight is 187 g/mol. The Labute approximate surface area is 87.6 Å². The van der Waals surface area contributed by atoms with Gasteiger partial charge < -0.3 is 0 Å². The third-order valence-corrected chi connectivity index (χ3v) is 4.69. The van der Waals surface area contributed by atoms with Crippen molar-refractivity contribution in [3.8, 4) is 0 Å². The summed E-state index contributed by atoms with van der Waals surface area (Å²) in [6, 6.07) is 0. The third kappa shape index (κ3) is 2.88. The van der Waals surface area contributed by atoms with Gasteiger partial charge in [-0.2, -0.15) is 0 Å². The fourth-order valence-electron chi connectivity index (χ4n) is 1.07. The van der Waals surface area contributed by atoms with Crippen LogP contribution in [0, 0.1) is 0 Å². The van der Waals surface area contributed by atoms with Gasteiger partial charge in [0.15, 0.2) is 0 Å². The van der Waals surface area contributed by atoms with E-state index in [1.54, 1.807) is 14.0 Å². The average Bonchev–Trinajstić information content (AvgIpc) is 1.84. The molecule has 0 rings (SSSR count). The molecular weight excluding hydrogens is 168 g/mol. The van der Waals surface area contributed by atoms with Crippen LogP contribution in [0.4, 0.5) is 0 Å². The zero-order chi connectivity index (χ0) is 9.23. The molecule has 70 valence electrons. The van der Waals surface area contributed by atoms with E-state index in [0.29, 0.717) is 0 Å². The van der Waals surface area contributed by atoms with Gasteiger partial charge in [0.25, 0.3) is 7.59 Å². The predicted molar refractivity (Wildman–Crippen MR) is 55.8 cm³/mol. The molecule has 6 heteroatoms. The molecule has 0 unspecified atom stereocenters. The Hall–Kier alpha value is 0.707.